The molecule has 1 aromatic carbocycles. The van der Waals surface area contributed by atoms with E-state index in [1.807, 2.05) is 0 Å². The zero-order valence-electron chi connectivity index (χ0n) is 17.4. The molecule has 0 saturated carbocycles. The van der Waals surface area contributed by atoms with E-state index in [1.165, 1.54) is 6.20 Å². The quantitative estimate of drug-likeness (QED) is 0.191. The molecule has 0 spiro atoms. The molecule has 4 aromatic rings. The molecule has 0 aliphatic carbocycles. The Morgan fingerprint density at radius 2 is 2.12 bits per heavy atom. The Morgan fingerprint density at radius 3 is 2.82 bits per heavy atom. The number of anilines is 2. The van der Waals surface area contributed by atoms with Crippen molar-refractivity contribution in [1.29, 1.82) is 0 Å². The third-order valence-corrected chi connectivity index (χ3v) is 7.42. The molecule has 1 saturated heterocycles. The number of hydrogen-bond donors (Lipinski definition) is 2. The first-order valence-electron chi connectivity index (χ1n) is 10.0. The number of thioether (sulfide) groups is 1. The van der Waals surface area contributed by atoms with Crippen LogP contribution in [0, 0.1) is 12.9 Å². The van der Waals surface area contributed by atoms with Crippen molar-refractivity contribution >= 4 is 50.5 Å². The summed E-state index contributed by atoms with van der Waals surface area (Å²) in [6.45, 7) is 1.70. The number of pyridine rings is 1. The number of nitrogens with zero attached hydrogens (tertiary/aromatic N) is 3. The van der Waals surface area contributed by atoms with E-state index in [4.69, 9.17) is 4.52 Å². The monoisotopic (exact) mass is 509 g/mol. The molecule has 1 fully saturated rings. The predicted molar refractivity (Wildman–Crippen MR) is 119 cm³/mol. The van der Waals surface area contributed by atoms with Gasteiger partial charge in [0.2, 0.25) is 23.6 Å². The molecule has 13 heteroatoms. The van der Waals surface area contributed by atoms with Gasteiger partial charge in [0.15, 0.2) is 0 Å². The van der Waals surface area contributed by atoms with Crippen molar-refractivity contribution in [3.05, 3.63) is 47.9 Å². The Balaban J connectivity index is 1.62. The van der Waals surface area contributed by atoms with Gasteiger partial charge in [-0.1, -0.05) is 17.3 Å². The van der Waals surface area contributed by atoms with E-state index < -0.39 is 17.5 Å². The first-order chi connectivity index (χ1) is 16.2. The highest BCUT2D eigenvalue weighted by atomic mass is 32.2. The summed E-state index contributed by atoms with van der Waals surface area (Å²) in [4.78, 5) is 19.5. The number of amides is 1. The minimum atomic E-state index is -4.57. The molecule has 176 valence electrons. The van der Waals surface area contributed by atoms with Crippen LogP contribution in [0.3, 0.4) is 0 Å². The molecule has 5 rings (SSSR count). The van der Waals surface area contributed by atoms with E-state index in [2.05, 4.69) is 25.8 Å². The lowest BCUT2D eigenvalue weighted by Crippen LogP contribution is -2.18. The van der Waals surface area contributed by atoms with Gasteiger partial charge in [0, 0.05) is 22.9 Å². The molecular formula is C21H15F4N5O2S2. The van der Waals surface area contributed by atoms with E-state index in [1.54, 1.807) is 31.2 Å². The maximum Gasteiger partial charge on any atom is 0.446 e. The van der Waals surface area contributed by atoms with Crippen LogP contribution in [0.15, 0.2) is 39.9 Å². The molecule has 1 atom stereocenters. The molecule has 1 aliphatic heterocycles. The highest BCUT2D eigenvalue weighted by molar-refractivity contribution is 8.00. The summed E-state index contributed by atoms with van der Waals surface area (Å²) in [7, 11) is 0. The first kappa shape index (κ1) is 22.6. The average Bonchev–Trinajstić information content (AvgIpc) is 3.49. The summed E-state index contributed by atoms with van der Waals surface area (Å²) < 4.78 is 60.4. The molecule has 1 aliphatic rings. The highest BCUT2D eigenvalue weighted by Crippen LogP contribution is 2.51. The van der Waals surface area contributed by atoms with Crippen LogP contribution in [0.2, 0.25) is 0 Å². The third-order valence-electron chi connectivity index (χ3n) is 5.20. The number of alkyl halides is 3. The third kappa shape index (κ3) is 4.32. The number of aromatic nitrogens is 3. The number of carbonyl (C=O) groups is 1. The van der Waals surface area contributed by atoms with Crippen LogP contribution in [-0.2, 0) is 4.79 Å². The number of aryl methyl sites for hydroxylation is 1. The highest BCUT2D eigenvalue weighted by Gasteiger charge is 2.35. The molecule has 4 heterocycles. The van der Waals surface area contributed by atoms with Crippen LogP contribution >= 0.6 is 23.1 Å². The fourth-order valence-corrected chi connectivity index (χ4v) is 5.74. The second-order valence-corrected chi connectivity index (χ2v) is 9.62. The van der Waals surface area contributed by atoms with Gasteiger partial charge in [-0.05, 0) is 42.8 Å². The lowest BCUT2D eigenvalue weighted by atomic mass is 10.2. The summed E-state index contributed by atoms with van der Waals surface area (Å²) in [5.74, 6) is -0.764. The van der Waals surface area contributed by atoms with Crippen LogP contribution in [-0.4, -0.2) is 26.5 Å². The summed E-state index contributed by atoms with van der Waals surface area (Å²) in [5, 5.41) is 9.86. The molecule has 0 unspecified atom stereocenters. The number of nitrogens with one attached hydrogen (secondary N) is 2. The van der Waals surface area contributed by atoms with Crippen molar-refractivity contribution in [2.75, 3.05) is 5.32 Å². The number of rotatable bonds is 5. The lowest BCUT2D eigenvalue weighted by Gasteiger charge is -2.11. The Bertz CT molecular complexity index is 1380. The van der Waals surface area contributed by atoms with Crippen molar-refractivity contribution in [3.8, 4) is 10.7 Å². The van der Waals surface area contributed by atoms with Gasteiger partial charge in [0.25, 0.3) is 0 Å². The number of hydrogen-bond acceptors (Lipinski definition) is 8. The van der Waals surface area contributed by atoms with Gasteiger partial charge in [0.1, 0.15) is 6.04 Å². The van der Waals surface area contributed by atoms with E-state index in [0.717, 1.165) is 11.3 Å². The molecule has 7 nitrogen and oxygen atoms in total. The molecule has 0 bridgehead atoms. The van der Waals surface area contributed by atoms with Crippen molar-refractivity contribution < 1.29 is 26.9 Å². The Labute approximate surface area is 198 Å². The number of benzene rings is 1. The average molecular weight is 510 g/mol. The van der Waals surface area contributed by atoms with Gasteiger partial charge >= 0.3 is 5.51 Å². The number of carbonyl (C=O) groups excluding carboxylic acids is 1. The van der Waals surface area contributed by atoms with Crippen LogP contribution in [0.5, 0.6) is 0 Å². The molecule has 0 radical (unpaired) electrons. The second-order valence-electron chi connectivity index (χ2n) is 7.52. The standard InChI is InChI=1S/C21H15F4N5O2S2/c1-9-7-8-26-18(22)14(9)28-11-4-2-3-10-15(11)33-17(16(10)34-21(23,24)25)19-29-20(32-30-19)12-5-6-13(31)27-12/h2-4,7-8,12,28H,5-6H2,1H3,(H,27,31)/t12-/m1/s1. The van der Waals surface area contributed by atoms with Gasteiger partial charge in [-0.2, -0.15) is 22.5 Å². The fourth-order valence-electron chi connectivity index (χ4n) is 3.64. The van der Waals surface area contributed by atoms with Crippen LogP contribution < -0.4 is 10.6 Å². The van der Waals surface area contributed by atoms with Gasteiger partial charge in [-0.15, -0.1) is 11.3 Å². The molecular weight excluding hydrogens is 494 g/mol. The molecule has 34 heavy (non-hydrogen) atoms. The molecule has 2 N–H and O–H groups in total. The summed E-state index contributed by atoms with van der Waals surface area (Å²) in [6.07, 6.45) is 2.10. The fraction of sp³-hybridized carbons (Fsp3) is 0.238. The Morgan fingerprint density at radius 1 is 1.29 bits per heavy atom. The van der Waals surface area contributed by atoms with Gasteiger partial charge < -0.3 is 15.2 Å². The number of fused-ring (bicyclic) bond motifs is 1. The van der Waals surface area contributed by atoms with Crippen molar-refractivity contribution in [2.45, 2.75) is 36.2 Å². The first-order valence-corrected chi connectivity index (χ1v) is 11.7. The predicted octanol–water partition coefficient (Wildman–Crippen LogP) is 6.10. The smallest absolute Gasteiger partial charge is 0.350 e. The van der Waals surface area contributed by atoms with Gasteiger partial charge in [-0.25, -0.2) is 4.98 Å². The van der Waals surface area contributed by atoms with E-state index in [-0.39, 0.29) is 44.8 Å². The zero-order chi connectivity index (χ0) is 24.0. The molecule has 3 aromatic heterocycles. The van der Waals surface area contributed by atoms with Gasteiger partial charge in [-0.3, -0.25) is 4.79 Å². The second kappa shape index (κ2) is 8.55. The number of thiophene rings is 1. The SMILES string of the molecule is Cc1ccnc(F)c1Nc1cccc2c(SC(F)(F)F)c(-c3noc([C@H]4CCC(=O)N4)n3)sc12. The van der Waals surface area contributed by atoms with E-state index in [0.29, 0.717) is 34.2 Å². The zero-order valence-corrected chi connectivity index (χ0v) is 19.0. The lowest BCUT2D eigenvalue weighted by molar-refractivity contribution is -0.119. The van der Waals surface area contributed by atoms with Crippen LogP contribution in [0.1, 0.15) is 30.3 Å². The van der Waals surface area contributed by atoms with Crippen LogP contribution in [0.4, 0.5) is 28.9 Å². The minimum Gasteiger partial charge on any atom is -0.350 e. The summed E-state index contributed by atoms with van der Waals surface area (Å²) in [5.41, 5.74) is -3.43. The topological polar surface area (TPSA) is 92.9 Å². The van der Waals surface area contributed by atoms with Crippen molar-refractivity contribution in [3.63, 3.8) is 0 Å². The van der Waals surface area contributed by atoms with Crippen LogP contribution in [0.25, 0.3) is 20.8 Å². The Kier molecular flexibility index (Phi) is 5.68. The summed E-state index contributed by atoms with van der Waals surface area (Å²) in [6, 6.07) is 5.93. The maximum atomic E-state index is 14.3. The Hall–Kier alpha value is -3.19. The van der Waals surface area contributed by atoms with E-state index in [9.17, 15) is 22.4 Å². The van der Waals surface area contributed by atoms with Crippen molar-refractivity contribution in [2.24, 2.45) is 0 Å². The van der Waals surface area contributed by atoms with Crippen molar-refractivity contribution in [1.82, 2.24) is 20.4 Å². The summed E-state index contributed by atoms with van der Waals surface area (Å²) >= 11 is 0.760. The van der Waals surface area contributed by atoms with E-state index >= 15 is 0 Å². The molecule has 1 amide bonds. The van der Waals surface area contributed by atoms with Gasteiger partial charge in [0.05, 0.1) is 21.0 Å². The maximum absolute atomic E-state index is 14.3. The largest absolute Gasteiger partial charge is 0.446 e. The number of halogens is 4. The normalized spacial score (nSPS) is 16.3. The minimum absolute atomic E-state index is 0.0150.